The number of rotatable bonds is 3. The second-order valence-corrected chi connectivity index (χ2v) is 6.50. The quantitative estimate of drug-likeness (QED) is 0.352. The summed E-state index contributed by atoms with van der Waals surface area (Å²) in [5.74, 6) is 0. The monoisotopic (exact) mass is 390 g/mol. The zero-order valence-corrected chi connectivity index (χ0v) is 19.3. The van der Waals surface area contributed by atoms with Crippen molar-refractivity contribution in [2.75, 3.05) is 20.6 Å². The van der Waals surface area contributed by atoms with Gasteiger partial charge in [0.25, 0.3) is 0 Å². The van der Waals surface area contributed by atoms with Crippen LogP contribution in [0.5, 0.6) is 0 Å². The molecule has 2 heteroatoms. The van der Waals surface area contributed by atoms with Gasteiger partial charge in [-0.05, 0) is 38.3 Å². The van der Waals surface area contributed by atoms with Gasteiger partial charge in [0.05, 0.1) is 0 Å². The summed E-state index contributed by atoms with van der Waals surface area (Å²) in [6, 6.07) is 27.9. The zero-order chi connectivity index (χ0) is 21.6. The van der Waals surface area contributed by atoms with E-state index in [9.17, 15) is 0 Å². The molecule has 1 heterocycles. The number of hydrogen-bond acceptors (Lipinski definition) is 1. The highest BCUT2D eigenvalue weighted by Gasteiger charge is 2.09. The molecule has 0 N–H and O–H groups in total. The van der Waals surface area contributed by atoms with Crippen molar-refractivity contribution in [3.63, 3.8) is 0 Å². The molecular weight excluding hydrogens is 352 g/mol. The highest BCUT2D eigenvalue weighted by Crippen LogP contribution is 2.29. The summed E-state index contributed by atoms with van der Waals surface area (Å²) < 4.78 is 2.40. The lowest BCUT2D eigenvalue weighted by Gasteiger charge is -2.07. The van der Waals surface area contributed by atoms with E-state index in [1.807, 2.05) is 27.7 Å². The van der Waals surface area contributed by atoms with Crippen molar-refractivity contribution >= 4 is 21.8 Å². The summed E-state index contributed by atoms with van der Waals surface area (Å²) in [5, 5.41) is 2.66. The van der Waals surface area contributed by atoms with E-state index in [-0.39, 0.29) is 0 Å². The van der Waals surface area contributed by atoms with Crippen LogP contribution >= 0.6 is 0 Å². The topological polar surface area (TPSA) is 8.17 Å². The van der Waals surface area contributed by atoms with Crippen molar-refractivity contribution in [3.05, 3.63) is 84.4 Å². The standard InChI is InChI=1S/C19H15N.C4H11N.2C2H6/c1-2-8-15(9-3-1)14-20-18-12-6-4-10-16(18)17-11-5-7-13-19(17)20;1-4-5(2)3;2*1-2/h1-13H,14H2;4H2,1-3H3;2*1-2H3. The maximum atomic E-state index is 2.40. The predicted molar refractivity (Wildman–Crippen MR) is 132 cm³/mol. The van der Waals surface area contributed by atoms with Crippen LogP contribution < -0.4 is 0 Å². The Labute approximate surface area is 177 Å². The number of hydrogen-bond donors (Lipinski definition) is 0. The Kier molecular flexibility index (Phi) is 11.4. The fraction of sp³-hybridized carbons (Fsp3) is 0.333. The molecule has 0 atom stereocenters. The maximum absolute atomic E-state index is 2.40. The van der Waals surface area contributed by atoms with E-state index in [0.717, 1.165) is 13.1 Å². The van der Waals surface area contributed by atoms with Crippen LogP contribution in [0.2, 0.25) is 0 Å². The minimum Gasteiger partial charge on any atom is -0.336 e. The van der Waals surface area contributed by atoms with Gasteiger partial charge >= 0.3 is 0 Å². The minimum atomic E-state index is 0.912. The van der Waals surface area contributed by atoms with Crippen molar-refractivity contribution in [1.82, 2.24) is 9.47 Å². The lowest BCUT2D eigenvalue weighted by Crippen LogP contribution is -2.08. The van der Waals surface area contributed by atoms with Crippen LogP contribution in [0.1, 0.15) is 40.2 Å². The van der Waals surface area contributed by atoms with Crippen LogP contribution in [-0.2, 0) is 6.54 Å². The third-order valence-electron chi connectivity index (χ3n) is 4.50. The summed E-state index contributed by atoms with van der Waals surface area (Å²) >= 11 is 0. The molecule has 0 amide bonds. The average Bonchev–Trinajstić information content (AvgIpc) is 3.12. The third-order valence-corrected chi connectivity index (χ3v) is 4.50. The van der Waals surface area contributed by atoms with Crippen LogP contribution in [0.15, 0.2) is 78.9 Å². The molecule has 4 aromatic rings. The Hall–Kier alpha value is -2.58. The molecular formula is C27H38N2. The van der Waals surface area contributed by atoms with Crippen molar-refractivity contribution in [3.8, 4) is 0 Å². The molecule has 0 bridgehead atoms. The summed E-state index contributed by atoms with van der Waals surface area (Å²) in [6.45, 7) is 12.2. The van der Waals surface area contributed by atoms with E-state index in [2.05, 4.69) is 109 Å². The van der Waals surface area contributed by atoms with Gasteiger partial charge in [-0.15, -0.1) is 0 Å². The Morgan fingerprint density at radius 2 is 1.00 bits per heavy atom. The Bertz CT molecular complexity index is 883. The first kappa shape index (κ1) is 24.5. The largest absolute Gasteiger partial charge is 0.336 e. The van der Waals surface area contributed by atoms with Crippen LogP contribution in [0.4, 0.5) is 0 Å². The van der Waals surface area contributed by atoms with Crippen molar-refractivity contribution in [2.24, 2.45) is 0 Å². The smallest absolute Gasteiger partial charge is 0.0494 e. The van der Waals surface area contributed by atoms with Gasteiger partial charge < -0.3 is 9.47 Å². The molecule has 1 aromatic heterocycles. The van der Waals surface area contributed by atoms with Gasteiger partial charge in [-0.1, -0.05) is 101 Å². The molecule has 2 nitrogen and oxygen atoms in total. The summed E-state index contributed by atoms with van der Waals surface area (Å²) in [7, 11) is 4.11. The average molecular weight is 391 g/mol. The first-order valence-electron chi connectivity index (χ1n) is 10.9. The molecule has 3 aromatic carbocycles. The third kappa shape index (κ3) is 6.76. The zero-order valence-electron chi connectivity index (χ0n) is 19.3. The maximum Gasteiger partial charge on any atom is 0.0494 e. The lowest BCUT2D eigenvalue weighted by molar-refractivity contribution is 0.434. The van der Waals surface area contributed by atoms with Gasteiger partial charge in [0.2, 0.25) is 0 Å². The molecule has 0 aliphatic heterocycles. The Morgan fingerprint density at radius 3 is 1.41 bits per heavy atom. The summed E-state index contributed by atoms with van der Waals surface area (Å²) in [6.07, 6.45) is 0. The number of benzene rings is 3. The van der Waals surface area contributed by atoms with E-state index >= 15 is 0 Å². The molecule has 0 radical (unpaired) electrons. The summed E-state index contributed by atoms with van der Waals surface area (Å²) in [4.78, 5) is 2.12. The Balaban J connectivity index is 0.000000405. The molecule has 0 saturated carbocycles. The van der Waals surface area contributed by atoms with Crippen molar-refractivity contribution < 1.29 is 0 Å². The second-order valence-electron chi connectivity index (χ2n) is 6.50. The molecule has 0 spiro atoms. The highest BCUT2D eigenvalue weighted by atomic mass is 15.0. The molecule has 0 aliphatic rings. The second kappa shape index (κ2) is 13.6. The SMILES string of the molecule is CC.CC.CCN(C)C.c1ccc(Cn2c3ccccc3c3ccccc32)cc1. The van der Waals surface area contributed by atoms with Gasteiger partial charge in [0.1, 0.15) is 0 Å². The van der Waals surface area contributed by atoms with E-state index in [4.69, 9.17) is 0 Å². The van der Waals surface area contributed by atoms with E-state index < -0.39 is 0 Å². The molecule has 4 rings (SSSR count). The van der Waals surface area contributed by atoms with Crippen LogP contribution in [0.3, 0.4) is 0 Å². The normalized spacial score (nSPS) is 9.79. The van der Waals surface area contributed by atoms with E-state index in [1.54, 1.807) is 0 Å². The van der Waals surface area contributed by atoms with Crippen molar-refractivity contribution in [2.45, 2.75) is 41.2 Å². The lowest BCUT2D eigenvalue weighted by atomic mass is 10.2. The van der Waals surface area contributed by atoms with E-state index in [1.165, 1.54) is 27.4 Å². The molecule has 29 heavy (non-hydrogen) atoms. The predicted octanol–water partition coefficient (Wildman–Crippen LogP) is 7.46. The first-order chi connectivity index (χ1) is 14.2. The summed E-state index contributed by atoms with van der Waals surface area (Å²) in [5.41, 5.74) is 3.94. The van der Waals surface area contributed by atoms with Crippen LogP contribution in [0.25, 0.3) is 21.8 Å². The first-order valence-corrected chi connectivity index (χ1v) is 10.9. The molecule has 0 fully saturated rings. The number of aromatic nitrogens is 1. The van der Waals surface area contributed by atoms with Crippen molar-refractivity contribution in [1.29, 1.82) is 0 Å². The molecule has 0 unspecified atom stereocenters. The van der Waals surface area contributed by atoms with Gasteiger partial charge in [0, 0.05) is 28.4 Å². The number of nitrogens with zero attached hydrogens (tertiary/aromatic N) is 2. The molecule has 0 aliphatic carbocycles. The minimum absolute atomic E-state index is 0.912. The van der Waals surface area contributed by atoms with Gasteiger partial charge in [0.15, 0.2) is 0 Å². The fourth-order valence-corrected chi connectivity index (χ4v) is 2.94. The van der Waals surface area contributed by atoms with E-state index in [0.29, 0.717) is 0 Å². The van der Waals surface area contributed by atoms with Gasteiger partial charge in [-0.3, -0.25) is 0 Å². The van der Waals surface area contributed by atoms with Gasteiger partial charge in [-0.25, -0.2) is 0 Å². The fourth-order valence-electron chi connectivity index (χ4n) is 2.94. The molecule has 156 valence electrons. The Morgan fingerprint density at radius 1 is 0.621 bits per heavy atom. The number of para-hydroxylation sites is 2. The number of fused-ring (bicyclic) bond motifs is 3. The highest BCUT2D eigenvalue weighted by molar-refractivity contribution is 6.08. The van der Waals surface area contributed by atoms with Crippen LogP contribution in [-0.4, -0.2) is 30.1 Å². The van der Waals surface area contributed by atoms with Gasteiger partial charge in [-0.2, -0.15) is 0 Å². The molecule has 0 saturated heterocycles. The van der Waals surface area contributed by atoms with Crippen LogP contribution in [0, 0.1) is 0 Å².